The van der Waals surface area contributed by atoms with Gasteiger partial charge < -0.3 is 15.2 Å². The molecular formula is C19H18FN5O3. The average Bonchev–Trinajstić information content (AvgIpc) is 3.27. The monoisotopic (exact) mass is 383 g/mol. The summed E-state index contributed by atoms with van der Waals surface area (Å²) in [7, 11) is 1.82. The molecule has 1 atom stereocenters. The van der Waals surface area contributed by atoms with E-state index in [2.05, 4.69) is 15.4 Å². The second-order valence-corrected chi connectivity index (χ2v) is 6.39. The first-order chi connectivity index (χ1) is 13.5. The highest BCUT2D eigenvalue weighted by Gasteiger charge is 2.32. The smallest absolute Gasteiger partial charge is 0.414 e. The second-order valence-electron chi connectivity index (χ2n) is 6.39. The Kier molecular flexibility index (Phi) is 4.66. The summed E-state index contributed by atoms with van der Waals surface area (Å²) in [5.41, 5.74) is 1.35. The number of nitrogens with one attached hydrogen (secondary N) is 1. The molecule has 2 aromatic heterocycles. The minimum Gasteiger partial charge on any atom is -0.441 e. The van der Waals surface area contributed by atoms with Crippen molar-refractivity contribution in [1.82, 2.24) is 14.8 Å². The zero-order chi connectivity index (χ0) is 19.7. The van der Waals surface area contributed by atoms with Crippen LogP contribution >= 0.6 is 0 Å². The molecule has 0 spiro atoms. The standard InChI is InChI=1S/C19H18FN5O3/c1-24-7-6-18(23-24)22-17-5-2-12(9-21-17)15-4-3-13(8-16(15)20)25-10-14(11-26)28-19(25)27/h2-9,14,26H,10-11H2,1H3,(H,21,22,23). The molecule has 28 heavy (non-hydrogen) atoms. The number of nitrogens with zero attached hydrogens (tertiary/aromatic N) is 4. The zero-order valence-corrected chi connectivity index (χ0v) is 15.0. The Labute approximate surface area is 160 Å². The van der Waals surface area contributed by atoms with E-state index in [-0.39, 0.29) is 13.2 Å². The summed E-state index contributed by atoms with van der Waals surface area (Å²) in [6.45, 7) is -0.0864. The molecule has 4 rings (SSSR count). The molecule has 0 saturated carbocycles. The molecule has 1 unspecified atom stereocenters. The molecule has 1 saturated heterocycles. The van der Waals surface area contributed by atoms with Crippen LogP contribution < -0.4 is 10.2 Å². The third-order valence-corrected chi connectivity index (χ3v) is 4.39. The van der Waals surface area contributed by atoms with Gasteiger partial charge in [0, 0.05) is 36.6 Å². The van der Waals surface area contributed by atoms with Crippen molar-refractivity contribution >= 4 is 23.4 Å². The molecule has 1 fully saturated rings. The fourth-order valence-corrected chi connectivity index (χ4v) is 2.97. The normalized spacial score (nSPS) is 16.3. The number of anilines is 3. The Bertz CT molecular complexity index is 1010. The number of aliphatic hydroxyl groups is 1. The molecule has 9 heteroatoms. The van der Waals surface area contributed by atoms with E-state index in [9.17, 15) is 9.18 Å². The van der Waals surface area contributed by atoms with Crippen LogP contribution in [0.15, 0.2) is 48.8 Å². The number of pyridine rings is 1. The van der Waals surface area contributed by atoms with Crippen LogP contribution in [0.3, 0.4) is 0 Å². The number of amides is 1. The maximum atomic E-state index is 14.7. The highest BCUT2D eigenvalue weighted by atomic mass is 19.1. The molecule has 1 aliphatic heterocycles. The van der Waals surface area contributed by atoms with Crippen LogP contribution in [0.1, 0.15) is 0 Å². The van der Waals surface area contributed by atoms with Crippen LogP contribution in [-0.2, 0) is 11.8 Å². The molecule has 1 aliphatic rings. The predicted octanol–water partition coefficient (Wildman–Crippen LogP) is 2.68. The minimum absolute atomic E-state index is 0.184. The van der Waals surface area contributed by atoms with Crippen LogP contribution in [-0.4, -0.2) is 45.2 Å². The maximum absolute atomic E-state index is 14.7. The number of rotatable bonds is 5. The zero-order valence-electron chi connectivity index (χ0n) is 15.0. The van der Waals surface area contributed by atoms with Gasteiger partial charge in [-0.05, 0) is 30.3 Å². The van der Waals surface area contributed by atoms with Gasteiger partial charge in [0.1, 0.15) is 17.7 Å². The van der Waals surface area contributed by atoms with Crippen LogP contribution in [0.25, 0.3) is 11.1 Å². The number of hydrogen-bond acceptors (Lipinski definition) is 6. The van der Waals surface area contributed by atoms with Gasteiger partial charge in [0.15, 0.2) is 5.82 Å². The van der Waals surface area contributed by atoms with Gasteiger partial charge in [-0.1, -0.05) is 0 Å². The number of aromatic nitrogens is 3. The number of carbonyl (C=O) groups is 1. The van der Waals surface area contributed by atoms with Crippen molar-refractivity contribution in [3.63, 3.8) is 0 Å². The van der Waals surface area contributed by atoms with Crippen molar-refractivity contribution in [3.8, 4) is 11.1 Å². The molecule has 8 nitrogen and oxygen atoms in total. The SMILES string of the molecule is Cn1ccc(Nc2ccc(-c3ccc(N4CC(CO)OC4=O)cc3F)cn2)n1. The number of cyclic esters (lactones) is 1. The number of hydrogen-bond donors (Lipinski definition) is 2. The van der Waals surface area contributed by atoms with Gasteiger partial charge >= 0.3 is 6.09 Å². The highest BCUT2D eigenvalue weighted by Crippen LogP contribution is 2.29. The summed E-state index contributed by atoms with van der Waals surface area (Å²) in [5.74, 6) is 0.774. The quantitative estimate of drug-likeness (QED) is 0.704. The molecule has 1 aromatic carbocycles. The molecule has 0 aliphatic carbocycles. The van der Waals surface area contributed by atoms with E-state index in [4.69, 9.17) is 9.84 Å². The molecule has 144 valence electrons. The molecule has 0 bridgehead atoms. The van der Waals surface area contributed by atoms with Crippen molar-refractivity contribution in [2.24, 2.45) is 7.05 Å². The summed E-state index contributed by atoms with van der Waals surface area (Å²) in [6, 6.07) is 9.81. The Balaban J connectivity index is 1.52. The second kappa shape index (κ2) is 7.28. The fraction of sp³-hybridized carbons (Fsp3) is 0.211. The number of aliphatic hydroxyl groups excluding tert-OH is 1. The molecule has 3 aromatic rings. The van der Waals surface area contributed by atoms with Gasteiger partial charge in [0.05, 0.1) is 18.8 Å². The Morgan fingerprint density at radius 2 is 2.14 bits per heavy atom. The first-order valence-corrected chi connectivity index (χ1v) is 8.65. The lowest BCUT2D eigenvalue weighted by molar-refractivity contribution is 0.0963. The lowest BCUT2D eigenvalue weighted by Gasteiger charge is -2.14. The summed E-state index contributed by atoms with van der Waals surface area (Å²) < 4.78 is 21.3. The largest absolute Gasteiger partial charge is 0.441 e. The van der Waals surface area contributed by atoms with E-state index in [0.717, 1.165) is 0 Å². The topological polar surface area (TPSA) is 92.5 Å². The summed E-state index contributed by atoms with van der Waals surface area (Å²) in [4.78, 5) is 17.4. The molecular weight excluding hydrogens is 365 g/mol. The minimum atomic E-state index is -0.599. The lowest BCUT2D eigenvalue weighted by atomic mass is 10.1. The number of benzene rings is 1. The van der Waals surface area contributed by atoms with Crippen LogP contribution in [0.4, 0.5) is 26.5 Å². The van der Waals surface area contributed by atoms with Gasteiger partial charge in [-0.2, -0.15) is 5.10 Å². The van der Waals surface area contributed by atoms with E-state index >= 15 is 0 Å². The number of carbonyl (C=O) groups excluding carboxylic acids is 1. The Morgan fingerprint density at radius 3 is 2.75 bits per heavy atom. The van der Waals surface area contributed by atoms with Gasteiger partial charge in [-0.15, -0.1) is 0 Å². The number of ether oxygens (including phenoxy) is 1. The summed E-state index contributed by atoms with van der Waals surface area (Å²) in [6.07, 6.45) is 2.18. The van der Waals surface area contributed by atoms with Gasteiger partial charge in [-0.25, -0.2) is 14.2 Å². The van der Waals surface area contributed by atoms with E-state index < -0.39 is 18.0 Å². The average molecular weight is 383 g/mol. The van der Waals surface area contributed by atoms with E-state index in [1.807, 2.05) is 19.3 Å². The highest BCUT2D eigenvalue weighted by molar-refractivity contribution is 5.90. The van der Waals surface area contributed by atoms with Crippen molar-refractivity contribution in [2.45, 2.75) is 6.10 Å². The third kappa shape index (κ3) is 3.52. The Morgan fingerprint density at radius 1 is 1.29 bits per heavy atom. The molecule has 1 amide bonds. The molecule has 3 heterocycles. The van der Waals surface area contributed by atoms with Crippen molar-refractivity contribution in [2.75, 3.05) is 23.4 Å². The van der Waals surface area contributed by atoms with Crippen LogP contribution in [0.5, 0.6) is 0 Å². The number of aryl methyl sites for hydroxylation is 1. The van der Waals surface area contributed by atoms with Gasteiger partial charge in [0.25, 0.3) is 0 Å². The van der Waals surface area contributed by atoms with Crippen molar-refractivity contribution in [1.29, 1.82) is 0 Å². The van der Waals surface area contributed by atoms with Gasteiger partial charge in [0.2, 0.25) is 0 Å². The van der Waals surface area contributed by atoms with Crippen LogP contribution in [0, 0.1) is 5.82 Å². The predicted molar refractivity (Wildman–Crippen MR) is 101 cm³/mol. The molecule has 2 N–H and O–H groups in total. The number of halogens is 1. The van der Waals surface area contributed by atoms with E-state index in [1.54, 1.807) is 35.1 Å². The maximum Gasteiger partial charge on any atom is 0.414 e. The van der Waals surface area contributed by atoms with Crippen molar-refractivity contribution < 1.29 is 19.0 Å². The van der Waals surface area contributed by atoms with Crippen molar-refractivity contribution in [3.05, 3.63) is 54.6 Å². The van der Waals surface area contributed by atoms with Gasteiger partial charge in [-0.3, -0.25) is 9.58 Å². The van der Waals surface area contributed by atoms with Crippen LogP contribution in [0.2, 0.25) is 0 Å². The Hall–Kier alpha value is -3.46. The first kappa shape index (κ1) is 17.9. The molecule has 0 radical (unpaired) electrons. The van der Waals surface area contributed by atoms with E-state index in [0.29, 0.717) is 28.5 Å². The van der Waals surface area contributed by atoms with E-state index in [1.165, 1.54) is 11.0 Å². The summed E-state index contributed by atoms with van der Waals surface area (Å²) in [5, 5.41) is 16.4. The lowest BCUT2D eigenvalue weighted by Crippen LogP contribution is -2.25. The fourth-order valence-electron chi connectivity index (χ4n) is 2.97. The summed E-state index contributed by atoms with van der Waals surface area (Å²) >= 11 is 0. The first-order valence-electron chi connectivity index (χ1n) is 8.65. The third-order valence-electron chi connectivity index (χ3n) is 4.39.